The van der Waals surface area contributed by atoms with Crippen molar-refractivity contribution in [3.05, 3.63) is 28.3 Å². The number of rotatable bonds is 7. The predicted molar refractivity (Wildman–Crippen MR) is 76.0 cm³/mol. The minimum Gasteiger partial charge on any atom is -0.484 e. The van der Waals surface area contributed by atoms with E-state index in [4.69, 9.17) is 4.74 Å². The van der Waals surface area contributed by atoms with Crippen LogP contribution in [-0.4, -0.2) is 30.5 Å². The summed E-state index contributed by atoms with van der Waals surface area (Å²) in [5.41, 5.74) is 0.603. The van der Waals surface area contributed by atoms with Crippen LogP contribution >= 0.6 is 0 Å². The highest BCUT2D eigenvalue weighted by atomic mass is 16.6. The summed E-state index contributed by atoms with van der Waals surface area (Å²) in [6.07, 6.45) is 0.170. The van der Waals surface area contributed by atoms with Gasteiger partial charge in [-0.25, -0.2) is 0 Å². The second kappa shape index (κ2) is 7.32. The third-order valence-electron chi connectivity index (χ3n) is 2.48. The molecule has 1 amide bonds. The molecule has 1 aromatic carbocycles. The van der Waals surface area contributed by atoms with Crippen LogP contribution in [0.15, 0.2) is 18.2 Å². The van der Waals surface area contributed by atoms with Crippen molar-refractivity contribution in [1.82, 2.24) is 5.32 Å². The van der Waals surface area contributed by atoms with Crippen LogP contribution in [0.25, 0.3) is 0 Å². The van der Waals surface area contributed by atoms with Gasteiger partial charge in [0.15, 0.2) is 5.75 Å². The zero-order valence-electron chi connectivity index (χ0n) is 11.8. The molecule has 0 bridgehead atoms. The van der Waals surface area contributed by atoms with Gasteiger partial charge in [0.05, 0.1) is 11.0 Å². The summed E-state index contributed by atoms with van der Waals surface area (Å²) in [5.74, 6) is 0.146. The molecular formula is C13H19N3O4. The van der Waals surface area contributed by atoms with E-state index in [1.807, 2.05) is 0 Å². The SMILES string of the molecule is CNC(=O)CCNc1ccc([N+](=O)[O-])c(OC(C)C)c1. The van der Waals surface area contributed by atoms with E-state index in [1.54, 1.807) is 33.0 Å². The fourth-order valence-electron chi connectivity index (χ4n) is 1.57. The lowest BCUT2D eigenvalue weighted by molar-refractivity contribution is -0.386. The number of amides is 1. The van der Waals surface area contributed by atoms with E-state index < -0.39 is 4.92 Å². The van der Waals surface area contributed by atoms with Crippen LogP contribution in [0.3, 0.4) is 0 Å². The van der Waals surface area contributed by atoms with Crippen LogP contribution in [-0.2, 0) is 4.79 Å². The summed E-state index contributed by atoms with van der Waals surface area (Å²) in [6, 6.07) is 4.55. The summed E-state index contributed by atoms with van der Waals surface area (Å²) in [7, 11) is 1.57. The molecule has 0 radical (unpaired) electrons. The highest BCUT2D eigenvalue weighted by Gasteiger charge is 2.16. The maximum atomic E-state index is 11.1. The van der Waals surface area contributed by atoms with Gasteiger partial charge in [0.2, 0.25) is 5.91 Å². The molecule has 0 unspecified atom stereocenters. The van der Waals surface area contributed by atoms with Gasteiger partial charge in [-0.05, 0) is 19.9 Å². The van der Waals surface area contributed by atoms with Gasteiger partial charge in [-0.3, -0.25) is 14.9 Å². The molecule has 7 heteroatoms. The van der Waals surface area contributed by atoms with E-state index in [9.17, 15) is 14.9 Å². The van der Waals surface area contributed by atoms with Gasteiger partial charge in [-0.1, -0.05) is 0 Å². The zero-order valence-corrected chi connectivity index (χ0v) is 11.8. The first kappa shape index (κ1) is 15.7. The first-order chi connectivity index (χ1) is 9.43. The van der Waals surface area contributed by atoms with E-state index in [-0.39, 0.29) is 23.4 Å². The molecule has 110 valence electrons. The first-order valence-electron chi connectivity index (χ1n) is 6.33. The molecule has 0 aliphatic heterocycles. The molecule has 0 atom stereocenters. The molecule has 1 aromatic rings. The molecule has 0 aromatic heterocycles. The van der Waals surface area contributed by atoms with Crippen LogP contribution in [0.4, 0.5) is 11.4 Å². The van der Waals surface area contributed by atoms with Crippen LogP contribution in [0.1, 0.15) is 20.3 Å². The van der Waals surface area contributed by atoms with Gasteiger partial charge < -0.3 is 15.4 Å². The van der Waals surface area contributed by atoms with Crippen LogP contribution < -0.4 is 15.4 Å². The standard InChI is InChI=1S/C13H19N3O4/c1-9(2)20-12-8-10(4-5-11(12)16(18)19)15-7-6-13(17)14-3/h4-5,8-9,15H,6-7H2,1-3H3,(H,14,17). The summed E-state index contributed by atoms with van der Waals surface area (Å²) >= 11 is 0. The number of hydrogen-bond donors (Lipinski definition) is 2. The second-order valence-electron chi connectivity index (χ2n) is 4.46. The summed E-state index contributed by atoms with van der Waals surface area (Å²) in [4.78, 5) is 21.5. The van der Waals surface area contributed by atoms with E-state index in [1.165, 1.54) is 6.07 Å². The molecule has 0 saturated carbocycles. The number of nitro groups is 1. The number of nitrogens with zero attached hydrogens (tertiary/aromatic N) is 1. The third kappa shape index (κ3) is 4.75. The van der Waals surface area contributed by atoms with Crippen molar-refractivity contribution in [2.75, 3.05) is 18.9 Å². The summed E-state index contributed by atoms with van der Waals surface area (Å²) < 4.78 is 5.43. The molecule has 20 heavy (non-hydrogen) atoms. The fraction of sp³-hybridized carbons (Fsp3) is 0.462. The number of nitrogens with one attached hydrogen (secondary N) is 2. The number of hydrogen-bond acceptors (Lipinski definition) is 5. The Morgan fingerprint density at radius 2 is 2.15 bits per heavy atom. The lowest BCUT2D eigenvalue weighted by Crippen LogP contribution is -2.20. The van der Waals surface area contributed by atoms with Crippen molar-refractivity contribution in [2.24, 2.45) is 0 Å². The van der Waals surface area contributed by atoms with Gasteiger partial charge in [0.25, 0.3) is 0 Å². The normalized spacial score (nSPS) is 10.2. The van der Waals surface area contributed by atoms with Crippen molar-refractivity contribution < 1.29 is 14.5 Å². The van der Waals surface area contributed by atoms with Crippen molar-refractivity contribution in [2.45, 2.75) is 26.4 Å². The highest BCUT2D eigenvalue weighted by Crippen LogP contribution is 2.30. The molecule has 2 N–H and O–H groups in total. The predicted octanol–water partition coefficient (Wildman–Crippen LogP) is 1.93. The quantitative estimate of drug-likeness (QED) is 0.588. The Kier molecular flexibility index (Phi) is 5.76. The van der Waals surface area contributed by atoms with Gasteiger partial charge in [0, 0.05) is 37.8 Å². The maximum absolute atomic E-state index is 11.1. The van der Waals surface area contributed by atoms with Gasteiger partial charge in [-0.2, -0.15) is 0 Å². The summed E-state index contributed by atoms with van der Waals surface area (Å²) in [6.45, 7) is 4.05. The number of carbonyl (C=O) groups excluding carboxylic acids is 1. The molecule has 0 saturated heterocycles. The molecule has 7 nitrogen and oxygen atoms in total. The van der Waals surface area contributed by atoms with Crippen LogP contribution in [0.5, 0.6) is 5.75 Å². The number of ether oxygens (including phenoxy) is 1. The number of benzene rings is 1. The van der Waals surface area contributed by atoms with Crippen molar-refractivity contribution in [3.8, 4) is 5.75 Å². The van der Waals surface area contributed by atoms with Gasteiger partial charge in [0.1, 0.15) is 0 Å². The van der Waals surface area contributed by atoms with Crippen LogP contribution in [0, 0.1) is 10.1 Å². The molecule has 0 heterocycles. The minimum atomic E-state index is -0.480. The molecule has 0 spiro atoms. The van der Waals surface area contributed by atoms with Gasteiger partial charge >= 0.3 is 5.69 Å². The van der Waals surface area contributed by atoms with Crippen molar-refractivity contribution in [3.63, 3.8) is 0 Å². The Balaban J connectivity index is 2.78. The smallest absolute Gasteiger partial charge is 0.311 e. The Labute approximate surface area is 117 Å². The van der Waals surface area contributed by atoms with E-state index in [2.05, 4.69) is 10.6 Å². The Morgan fingerprint density at radius 1 is 1.45 bits per heavy atom. The Bertz CT molecular complexity index is 489. The largest absolute Gasteiger partial charge is 0.484 e. The monoisotopic (exact) mass is 281 g/mol. The highest BCUT2D eigenvalue weighted by molar-refractivity contribution is 5.76. The third-order valence-corrected chi connectivity index (χ3v) is 2.48. The number of nitro benzene ring substituents is 1. The van der Waals surface area contributed by atoms with E-state index >= 15 is 0 Å². The average molecular weight is 281 g/mol. The lowest BCUT2D eigenvalue weighted by atomic mass is 10.2. The molecule has 0 aliphatic rings. The molecule has 1 rings (SSSR count). The van der Waals surface area contributed by atoms with Crippen LogP contribution in [0.2, 0.25) is 0 Å². The Hall–Kier alpha value is -2.31. The number of anilines is 1. The average Bonchev–Trinajstić information content (AvgIpc) is 2.37. The lowest BCUT2D eigenvalue weighted by Gasteiger charge is -2.12. The molecule has 0 fully saturated rings. The zero-order chi connectivity index (χ0) is 15.1. The van der Waals surface area contributed by atoms with Gasteiger partial charge in [-0.15, -0.1) is 0 Å². The Morgan fingerprint density at radius 3 is 2.70 bits per heavy atom. The van der Waals surface area contributed by atoms with E-state index in [0.717, 1.165) is 0 Å². The summed E-state index contributed by atoms with van der Waals surface area (Å²) in [5, 5.41) is 16.5. The minimum absolute atomic E-state index is 0.0712. The van der Waals surface area contributed by atoms with Crippen molar-refractivity contribution >= 4 is 17.3 Å². The van der Waals surface area contributed by atoms with Crippen molar-refractivity contribution in [1.29, 1.82) is 0 Å². The maximum Gasteiger partial charge on any atom is 0.311 e. The molecular weight excluding hydrogens is 262 g/mol. The second-order valence-corrected chi connectivity index (χ2v) is 4.46. The molecule has 0 aliphatic carbocycles. The fourth-order valence-corrected chi connectivity index (χ4v) is 1.57. The van der Waals surface area contributed by atoms with E-state index in [0.29, 0.717) is 18.7 Å². The number of carbonyl (C=O) groups is 1. The topological polar surface area (TPSA) is 93.5 Å². The first-order valence-corrected chi connectivity index (χ1v) is 6.33.